The maximum absolute atomic E-state index is 9.00. The van der Waals surface area contributed by atoms with Gasteiger partial charge in [0.25, 0.3) is 11.9 Å². The standard InChI is InChI=1S/2C2H4O2.FH.Na/c2*1-2(3)4;;/h2*1H3,(H,3,4);1H;/q;;;+1/p-1. The quantitative estimate of drug-likeness (QED) is 0.348. The molecule has 0 saturated heterocycles. The van der Waals surface area contributed by atoms with Crippen molar-refractivity contribution in [2.45, 2.75) is 13.8 Å². The zero-order valence-electron chi connectivity index (χ0n) is 6.09. The number of carboxylic acids is 2. The number of rotatable bonds is 0. The minimum atomic E-state index is -0.833. The first-order valence-corrected chi connectivity index (χ1v) is 1.86. The van der Waals surface area contributed by atoms with E-state index in [1.54, 1.807) is 0 Å². The van der Waals surface area contributed by atoms with Crippen LogP contribution in [0.2, 0.25) is 0 Å². The predicted octanol–water partition coefficient (Wildman–Crippen LogP) is -5.81. The number of halogens is 1. The third kappa shape index (κ3) is 22000. The zero-order chi connectivity index (χ0) is 7.15. The van der Waals surface area contributed by atoms with Crippen molar-refractivity contribution in [3.63, 3.8) is 0 Å². The molecule has 0 aromatic rings. The minimum absolute atomic E-state index is 0. The van der Waals surface area contributed by atoms with E-state index in [1.807, 2.05) is 0 Å². The molecule has 56 valence electrons. The first-order valence-electron chi connectivity index (χ1n) is 1.86. The Kier molecular flexibility index (Phi) is 35.9. The Balaban J connectivity index is -0.0000000300. The fourth-order valence-electron chi connectivity index (χ4n) is 0. The summed E-state index contributed by atoms with van der Waals surface area (Å²) in [6.45, 7) is 2.17. The average molecular weight is 162 g/mol. The fraction of sp³-hybridized carbons (Fsp3) is 0.500. The molecule has 0 aliphatic rings. The maximum Gasteiger partial charge on any atom is 1.00 e. The fourth-order valence-corrected chi connectivity index (χ4v) is 0. The van der Waals surface area contributed by atoms with Gasteiger partial charge in [0.05, 0.1) is 0 Å². The first-order chi connectivity index (χ1) is 3.46. The van der Waals surface area contributed by atoms with E-state index in [0.29, 0.717) is 0 Å². The first kappa shape index (κ1) is 22.5. The number of aliphatic carboxylic acids is 2. The van der Waals surface area contributed by atoms with E-state index in [9.17, 15) is 0 Å². The van der Waals surface area contributed by atoms with Crippen LogP contribution in [0, 0.1) is 0 Å². The van der Waals surface area contributed by atoms with Crippen molar-refractivity contribution in [3.8, 4) is 0 Å². The minimum Gasteiger partial charge on any atom is -1.00 e. The number of hydrogen-bond donors (Lipinski definition) is 2. The van der Waals surface area contributed by atoms with Gasteiger partial charge in [-0.05, 0) is 0 Å². The second kappa shape index (κ2) is 15.9. The second-order valence-corrected chi connectivity index (χ2v) is 1.04. The van der Waals surface area contributed by atoms with Crippen molar-refractivity contribution in [1.82, 2.24) is 0 Å². The summed E-state index contributed by atoms with van der Waals surface area (Å²) >= 11 is 0. The molecule has 0 atom stereocenters. The van der Waals surface area contributed by atoms with Crippen molar-refractivity contribution in [1.29, 1.82) is 0 Å². The van der Waals surface area contributed by atoms with E-state index in [0.717, 1.165) is 13.8 Å². The Bertz CT molecular complexity index is 75.3. The maximum atomic E-state index is 9.00. The molecule has 10 heavy (non-hydrogen) atoms. The Hall–Kier alpha value is -0.130. The summed E-state index contributed by atoms with van der Waals surface area (Å²) in [7, 11) is 0. The normalized spacial score (nSPS) is 5.00. The van der Waals surface area contributed by atoms with Gasteiger partial charge >= 0.3 is 29.6 Å². The number of carbonyl (C=O) groups is 2. The molecular weight excluding hydrogens is 154 g/mol. The second-order valence-electron chi connectivity index (χ2n) is 1.04. The Morgan fingerprint density at radius 3 is 1.00 bits per heavy atom. The van der Waals surface area contributed by atoms with Gasteiger partial charge in [-0.2, -0.15) is 0 Å². The molecule has 0 radical (unpaired) electrons. The van der Waals surface area contributed by atoms with Gasteiger partial charge in [0.2, 0.25) is 0 Å². The summed E-state index contributed by atoms with van der Waals surface area (Å²) in [5, 5.41) is 14.8. The molecule has 0 rings (SSSR count). The molecule has 0 fully saturated rings. The van der Waals surface area contributed by atoms with E-state index in [4.69, 9.17) is 19.8 Å². The van der Waals surface area contributed by atoms with Crippen LogP contribution >= 0.6 is 0 Å². The van der Waals surface area contributed by atoms with Crippen LogP contribution in [0.3, 0.4) is 0 Å². The number of carboxylic acid groups (broad SMARTS) is 2. The van der Waals surface area contributed by atoms with Crippen LogP contribution in [0.25, 0.3) is 0 Å². The van der Waals surface area contributed by atoms with Crippen molar-refractivity contribution in [2.24, 2.45) is 0 Å². The topological polar surface area (TPSA) is 74.6 Å². The van der Waals surface area contributed by atoms with E-state index < -0.39 is 11.9 Å². The van der Waals surface area contributed by atoms with E-state index in [2.05, 4.69) is 0 Å². The van der Waals surface area contributed by atoms with Crippen molar-refractivity contribution < 1.29 is 54.1 Å². The SMILES string of the molecule is CC(=O)O.CC(=O)O.[F-].[Na+]. The monoisotopic (exact) mass is 162 g/mol. The van der Waals surface area contributed by atoms with E-state index in [-0.39, 0.29) is 34.3 Å². The molecule has 0 amide bonds. The van der Waals surface area contributed by atoms with Gasteiger partial charge in [-0.3, -0.25) is 9.59 Å². The molecule has 0 spiro atoms. The molecule has 0 heterocycles. The van der Waals surface area contributed by atoms with Gasteiger partial charge in [0, 0.05) is 13.8 Å². The van der Waals surface area contributed by atoms with Crippen LogP contribution in [-0.4, -0.2) is 22.2 Å². The molecule has 6 heteroatoms. The van der Waals surface area contributed by atoms with Crippen LogP contribution in [0.15, 0.2) is 0 Å². The van der Waals surface area contributed by atoms with Crippen molar-refractivity contribution in [3.05, 3.63) is 0 Å². The Labute approximate surface area is 79.9 Å². The summed E-state index contributed by atoms with van der Waals surface area (Å²) in [5.41, 5.74) is 0. The molecule has 0 saturated carbocycles. The van der Waals surface area contributed by atoms with Crippen LogP contribution in [0.4, 0.5) is 0 Å². The molecule has 2 N–H and O–H groups in total. The third-order valence-electron chi connectivity index (χ3n) is 0. The van der Waals surface area contributed by atoms with E-state index in [1.165, 1.54) is 0 Å². The molecule has 0 aromatic heterocycles. The summed E-state index contributed by atoms with van der Waals surface area (Å²) < 4.78 is 0. The Morgan fingerprint density at radius 1 is 1.00 bits per heavy atom. The Morgan fingerprint density at radius 2 is 1.00 bits per heavy atom. The molecule has 0 aliphatic carbocycles. The molecule has 0 bridgehead atoms. The van der Waals surface area contributed by atoms with Crippen molar-refractivity contribution >= 4 is 11.9 Å². The van der Waals surface area contributed by atoms with Gasteiger partial charge in [-0.25, -0.2) is 0 Å². The summed E-state index contributed by atoms with van der Waals surface area (Å²) in [6.07, 6.45) is 0. The van der Waals surface area contributed by atoms with Crippen LogP contribution < -0.4 is 34.3 Å². The smallest absolute Gasteiger partial charge is 1.00 e. The largest absolute Gasteiger partial charge is 1.00 e. The summed E-state index contributed by atoms with van der Waals surface area (Å²) in [5.74, 6) is -1.67. The average Bonchev–Trinajstić information content (AvgIpc) is 1.25. The van der Waals surface area contributed by atoms with Crippen LogP contribution in [0.5, 0.6) is 0 Å². The molecular formula is C4H8FNaO4. The van der Waals surface area contributed by atoms with Gasteiger partial charge in [0.15, 0.2) is 0 Å². The molecule has 4 nitrogen and oxygen atoms in total. The molecule has 0 unspecified atom stereocenters. The third-order valence-corrected chi connectivity index (χ3v) is 0. The zero-order valence-corrected chi connectivity index (χ0v) is 8.09. The van der Waals surface area contributed by atoms with Crippen molar-refractivity contribution in [2.75, 3.05) is 0 Å². The predicted molar refractivity (Wildman–Crippen MR) is 26.6 cm³/mol. The number of hydrogen-bond acceptors (Lipinski definition) is 2. The summed E-state index contributed by atoms with van der Waals surface area (Å²) in [4.78, 5) is 18.0. The van der Waals surface area contributed by atoms with Gasteiger partial charge in [-0.1, -0.05) is 0 Å². The molecule has 0 aromatic carbocycles. The van der Waals surface area contributed by atoms with Gasteiger partial charge in [0.1, 0.15) is 0 Å². The summed E-state index contributed by atoms with van der Waals surface area (Å²) in [6, 6.07) is 0. The van der Waals surface area contributed by atoms with Gasteiger partial charge in [-0.15, -0.1) is 0 Å². The van der Waals surface area contributed by atoms with E-state index >= 15 is 0 Å². The van der Waals surface area contributed by atoms with Crippen LogP contribution in [0.1, 0.15) is 13.8 Å². The molecule has 0 aliphatic heterocycles. The van der Waals surface area contributed by atoms with Crippen LogP contribution in [-0.2, 0) is 9.59 Å². The van der Waals surface area contributed by atoms with Gasteiger partial charge < -0.3 is 14.9 Å².